The highest BCUT2D eigenvalue weighted by molar-refractivity contribution is 5.99. The van der Waals surface area contributed by atoms with Gasteiger partial charge in [-0.2, -0.15) is 0 Å². The summed E-state index contributed by atoms with van der Waals surface area (Å²) < 4.78 is 5.49. The molecule has 4 rings (SSSR count). The van der Waals surface area contributed by atoms with Gasteiger partial charge in [0.05, 0.1) is 12.8 Å². The molecule has 1 heterocycles. The first-order chi connectivity index (χ1) is 12.4. The summed E-state index contributed by atoms with van der Waals surface area (Å²) in [6.07, 6.45) is 1.83. The van der Waals surface area contributed by atoms with E-state index < -0.39 is 0 Å². The van der Waals surface area contributed by atoms with Crippen molar-refractivity contribution in [3.05, 3.63) is 91.1 Å². The van der Waals surface area contributed by atoms with Gasteiger partial charge < -0.3 is 9.64 Å². The van der Waals surface area contributed by atoms with Gasteiger partial charge in [0.1, 0.15) is 11.3 Å². The van der Waals surface area contributed by atoms with E-state index in [9.17, 15) is 0 Å². The average Bonchev–Trinajstić information content (AvgIpc) is 2.69. The molecule has 3 aromatic carbocycles. The number of hydrogen-bond acceptors (Lipinski definition) is 3. The van der Waals surface area contributed by atoms with Crippen LogP contribution in [0.1, 0.15) is 0 Å². The van der Waals surface area contributed by atoms with Crippen LogP contribution in [0.4, 0.5) is 17.1 Å². The highest BCUT2D eigenvalue weighted by Gasteiger charge is 2.16. The number of methoxy groups -OCH3 is 1. The fourth-order valence-corrected chi connectivity index (χ4v) is 3.08. The zero-order chi connectivity index (χ0) is 17.1. The van der Waals surface area contributed by atoms with Crippen LogP contribution in [0, 0.1) is 0 Å². The Morgan fingerprint density at radius 1 is 0.720 bits per heavy atom. The van der Waals surface area contributed by atoms with Crippen LogP contribution in [0.5, 0.6) is 5.75 Å². The Kier molecular flexibility index (Phi) is 4.05. The second-order valence-electron chi connectivity index (χ2n) is 5.69. The second-order valence-corrected chi connectivity index (χ2v) is 5.69. The molecule has 0 bridgehead atoms. The number of rotatable bonds is 4. The number of aromatic nitrogens is 1. The smallest absolute Gasteiger partial charge is 0.145 e. The van der Waals surface area contributed by atoms with Crippen LogP contribution in [0.15, 0.2) is 91.1 Å². The number of benzene rings is 3. The molecule has 3 nitrogen and oxygen atoms in total. The highest BCUT2D eigenvalue weighted by Crippen LogP contribution is 2.39. The van der Waals surface area contributed by atoms with Gasteiger partial charge >= 0.3 is 0 Å². The van der Waals surface area contributed by atoms with Crippen molar-refractivity contribution >= 4 is 28.0 Å². The number of fused-ring (bicyclic) bond motifs is 1. The van der Waals surface area contributed by atoms with Crippen LogP contribution in [-0.4, -0.2) is 12.1 Å². The molecule has 122 valence electrons. The Hall–Kier alpha value is -3.33. The number of ether oxygens (including phenoxy) is 1. The minimum atomic E-state index is 0.778. The lowest BCUT2D eigenvalue weighted by Gasteiger charge is -2.26. The summed E-state index contributed by atoms with van der Waals surface area (Å²) in [7, 11) is 1.68. The van der Waals surface area contributed by atoms with Crippen molar-refractivity contribution < 1.29 is 4.74 Å². The third-order valence-electron chi connectivity index (χ3n) is 4.20. The van der Waals surface area contributed by atoms with E-state index in [-0.39, 0.29) is 0 Å². The Bertz CT molecular complexity index is 945. The molecule has 0 aliphatic rings. The Morgan fingerprint density at radius 3 is 1.96 bits per heavy atom. The van der Waals surface area contributed by atoms with Gasteiger partial charge in [0, 0.05) is 23.0 Å². The number of pyridine rings is 1. The van der Waals surface area contributed by atoms with Crippen molar-refractivity contribution in [2.45, 2.75) is 0 Å². The van der Waals surface area contributed by atoms with Crippen LogP contribution in [0.25, 0.3) is 10.9 Å². The van der Waals surface area contributed by atoms with Gasteiger partial charge in [0.2, 0.25) is 0 Å². The molecule has 0 aliphatic carbocycles. The normalized spacial score (nSPS) is 10.6. The van der Waals surface area contributed by atoms with Gasteiger partial charge in [0.15, 0.2) is 0 Å². The summed E-state index contributed by atoms with van der Waals surface area (Å²) in [6, 6.07) is 28.8. The molecule has 0 saturated heterocycles. The predicted molar refractivity (Wildman–Crippen MR) is 103 cm³/mol. The summed E-state index contributed by atoms with van der Waals surface area (Å²) >= 11 is 0. The van der Waals surface area contributed by atoms with Crippen molar-refractivity contribution in [1.29, 1.82) is 0 Å². The Morgan fingerprint density at radius 2 is 1.36 bits per heavy atom. The topological polar surface area (TPSA) is 25.4 Å². The molecule has 0 spiro atoms. The number of anilines is 3. The molecule has 0 unspecified atom stereocenters. The molecular formula is C22H18N2O. The lowest BCUT2D eigenvalue weighted by Crippen LogP contribution is -2.10. The van der Waals surface area contributed by atoms with Crippen molar-refractivity contribution in [1.82, 2.24) is 4.98 Å². The van der Waals surface area contributed by atoms with Gasteiger partial charge in [-0.1, -0.05) is 48.5 Å². The van der Waals surface area contributed by atoms with Gasteiger partial charge in [0.25, 0.3) is 0 Å². The highest BCUT2D eigenvalue weighted by atomic mass is 16.5. The van der Waals surface area contributed by atoms with E-state index in [2.05, 4.69) is 64.5 Å². The first-order valence-corrected chi connectivity index (χ1v) is 8.20. The SMILES string of the molecule is COc1cccc2c(N(c3ccccc3)c3ccccc3)ccnc12. The summed E-state index contributed by atoms with van der Waals surface area (Å²) in [6.45, 7) is 0. The van der Waals surface area contributed by atoms with Crippen LogP contribution < -0.4 is 9.64 Å². The van der Waals surface area contributed by atoms with Crippen LogP contribution in [-0.2, 0) is 0 Å². The van der Waals surface area contributed by atoms with Gasteiger partial charge in [-0.3, -0.25) is 4.98 Å². The number of para-hydroxylation sites is 3. The third kappa shape index (κ3) is 2.81. The summed E-state index contributed by atoms with van der Waals surface area (Å²) in [5, 5.41) is 1.05. The van der Waals surface area contributed by atoms with Gasteiger partial charge in [-0.15, -0.1) is 0 Å². The van der Waals surface area contributed by atoms with E-state index in [1.807, 2.05) is 36.5 Å². The van der Waals surface area contributed by atoms with E-state index in [1.165, 1.54) is 0 Å². The molecule has 1 aromatic heterocycles. The lowest BCUT2D eigenvalue weighted by molar-refractivity contribution is 0.419. The Balaban J connectivity index is 1.99. The summed E-state index contributed by atoms with van der Waals surface area (Å²) in [5.74, 6) is 0.778. The fourth-order valence-electron chi connectivity index (χ4n) is 3.08. The average molecular weight is 326 g/mol. The zero-order valence-corrected chi connectivity index (χ0v) is 14.0. The standard InChI is InChI=1S/C22H18N2O/c1-25-21-14-8-13-19-20(15-16-23-22(19)21)24(17-9-4-2-5-10-17)18-11-6-3-7-12-18/h2-16H,1H3. The first-order valence-electron chi connectivity index (χ1n) is 8.20. The largest absolute Gasteiger partial charge is 0.494 e. The minimum Gasteiger partial charge on any atom is -0.494 e. The molecule has 0 fully saturated rings. The lowest BCUT2D eigenvalue weighted by atomic mass is 10.1. The van der Waals surface area contributed by atoms with Crippen LogP contribution >= 0.6 is 0 Å². The molecule has 0 saturated carbocycles. The molecule has 0 amide bonds. The maximum atomic E-state index is 5.49. The molecular weight excluding hydrogens is 308 g/mol. The molecule has 4 aromatic rings. The molecule has 0 atom stereocenters. The maximum absolute atomic E-state index is 5.49. The molecule has 25 heavy (non-hydrogen) atoms. The number of nitrogens with zero attached hydrogens (tertiary/aromatic N) is 2. The van der Waals surface area contributed by atoms with Gasteiger partial charge in [-0.25, -0.2) is 0 Å². The van der Waals surface area contributed by atoms with E-state index in [1.54, 1.807) is 7.11 Å². The second kappa shape index (κ2) is 6.65. The maximum Gasteiger partial charge on any atom is 0.145 e. The van der Waals surface area contributed by atoms with Crippen molar-refractivity contribution in [2.24, 2.45) is 0 Å². The molecule has 0 N–H and O–H groups in total. The fraction of sp³-hybridized carbons (Fsp3) is 0.0455. The van der Waals surface area contributed by atoms with Gasteiger partial charge in [-0.05, 0) is 36.4 Å². The molecule has 3 heteroatoms. The molecule has 0 radical (unpaired) electrons. The summed E-state index contributed by atoms with van der Waals surface area (Å²) in [5.41, 5.74) is 4.13. The van der Waals surface area contributed by atoms with Crippen molar-refractivity contribution in [2.75, 3.05) is 12.0 Å². The van der Waals surface area contributed by atoms with Crippen LogP contribution in [0.2, 0.25) is 0 Å². The quantitative estimate of drug-likeness (QED) is 0.480. The van der Waals surface area contributed by atoms with Crippen LogP contribution in [0.3, 0.4) is 0 Å². The predicted octanol–water partition coefficient (Wildman–Crippen LogP) is 5.71. The van der Waals surface area contributed by atoms with E-state index in [0.29, 0.717) is 0 Å². The monoisotopic (exact) mass is 326 g/mol. The Labute approximate surface area is 147 Å². The third-order valence-corrected chi connectivity index (χ3v) is 4.20. The van der Waals surface area contributed by atoms with E-state index >= 15 is 0 Å². The van der Waals surface area contributed by atoms with E-state index in [4.69, 9.17) is 4.74 Å². The van der Waals surface area contributed by atoms with E-state index in [0.717, 1.165) is 33.7 Å². The number of hydrogen-bond donors (Lipinski definition) is 0. The zero-order valence-electron chi connectivity index (χ0n) is 14.0. The van der Waals surface area contributed by atoms with Crippen molar-refractivity contribution in [3.63, 3.8) is 0 Å². The summed E-state index contributed by atoms with van der Waals surface area (Å²) in [4.78, 5) is 6.77. The minimum absolute atomic E-state index is 0.778. The molecule has 0 aliphatic heterocycles. The first kappa shape index (κ1) is 15.2. The van der Waals surface area contributed by atoms with Crippen molar-refractivity contribution in [3.8, 4) is 5.75 Å².